The molecular weight excluding hydrogens is 171 g/mol. The minimum Gasteiger partial charge on any atom is -0.508 e. The summed E-state index contributed by atoms with van der Waals surface area (Å²) in [7, 11) is 0. The predicted molar refractivity (Wildman–Crippen MR) is 47.2 cm³/mol. The molecule has 2 aromatic rings. The van der Waals surface area contributed by atoms with Crippen LogP contribution in [0.2, 0.25) is 0 Å². The molecule has 0 heterocycles. The Labute approximate surface area is 73.9 Å². The van der Waals surface area contributed by atoms with E-state index in [0.29, 0.717) is 5.39 Å². The van der Waals surface area contributed by atoms with E-state index in [1.807, 2.05) is 0 Å². The Hall–Kier alpha value is -1.77. The van der Waals surface area contributed by atoms with Gasteiger partial charge in [-0.05, 0) is 30.3 Å². The lowest BCUT2D eigenvalue weighted by molar-refractivity contribution is 0.474. The first-order valence-electron chi connectivity index (χ1n) is 3.78. The minimum absolute atomic E-state index is 0.0106. The maximum atomic E-state index is 13.1. The fraction of sp³-hybridized carbons (Fsp3) is 0. The number of phenols is 2. The van der Waals surface area contributed by atoms with Crippen molar-refractivity contribution in [3.63, 3.8) is 0 Å². The molecule has 2 N–H and O–H groups in total. The molecule has 0 fully saturated rings. The predicted octanol–water partition coefficient (Wildman–Crippen LogP) is 2.39. The Balaban J connectivity index is 2.92. The Morgan fingerprint density at radius 3 is 2.46 bits per heavy atom. The third kappa shape index (κ3) is 1.18. The summed E-state index contributed by atoms with van der Waals surface area (Å²) in [5, 5.41) is 19.1. The topological polar surface area (TPSA) is 40.5 Å². The van der Waals surface area contributed by atoms with Crippen LogP contribution < -0.4 is 0 Å². The van der Waals surface area contributed by atoms with E-state index in [-0.39, 0.29) is 16.9 Å². The molecule has 2 rings (SSSR count). The molecule has 13 heavy (non-hydrogen) atoms. The highest BCUT2D eigenvalue weighted by molar-refractivity contribution is 5.89. The van der Waals surface area contributed by atoms with Crippen LogP contribution in [0.25, 0.3) is 10.8 Å². The molecule has 66 valence electrons. The largest absolute Gasteiger partial charge is 0.508 e. The van der Waals surface area contributed by atoms with Crippen molar-refractivity contribution < 1.29 is 14.6 Å². The van der Waals surface area contributed by atoms with Crippen molar-refractivity contribution in [3.05, 3.63) is 36.1 Å². The number of aromatic hydroxyl groups is 2. The molecule has 0 aliphatic heterocycles. The number of halogens is 1. The maximum Gasteiger partial charge on any atom is 0.131 e. The highest BCUT2D eigenvalue weighted by Crippen LogP contribution is 2.29. The number of rotatable bonds is 0. The van der Waals surface area contributed by atoms with Gasteiger partial charge in [0.1, 0.15) is 17.3 Å². The van der Waals surface area contributed by atoms with Crippen molar-refractivity contribution in [2.75, 3.05) is 0 Å². The van der Waals surface area contributed by atoms with Crippen molar-refractivity contribution in [1.82, 2.24) is 0 Å². The molecule has 0 aliphatic carbocycles. The summed E-state index contributed by atoms with van der Waals surface area (Å²) in [5.41, 5.74) is 0. The molecule has 0 saturated carbocycles. The van der Waals surface area contributed by atoms with Gasteiger partial charge in [0.15, 0.2) is 0 Å². The van der Waals surface area contributed by atoms with Crippen LogP contribution in [0.15, 0.2) is 30.3 Å². The van der Waals surface area contributed by atoms with E-state index in [2.05, 4.69) is 0 Å². The molecule has 0 spiro atoms. The molecule has 0 aromatic heterocycles. The summed E-state index contributed by atoms with van der Waals surface area (Å²) >= 11 is 0. The van der Waals surface area contributed by atoms with E-state index in [1.54, 1.807) is 0 Å². The average molecular weight is 178 g/mol. The first-order valence-corrected chi connectivity index (χ1v) is 3.78. The monoisotopic (exact) mass is 178 g/mol. The van der Waals surface area contributed by atoms with Gasteiger partial charge in [-0.2, -0.15) is 0 Å². The molecule has 0 aliphatic rings. The summed E-state index contributed by atoms with van der Waals surface area (Å²) < 4.78 is 13.1. The van der Waals surface area contributed by atoms with Gasteiger partial charge in [0.05, 0.1) is 0 Å². The van der Waals surface area contributed by atoms with Crippen LogP contribution >= 0.6 is 0 Å². The van der Waals surface area contributed by atoms with E-state index >= 15 is 0 Å². The molecule has 0 radical (unpaired) electrons. The van der Waals surface area contributed by atoms with E-state index in [4.69, 9.17) is 5.11 Å². The van der Waals surface area contributed by atoms with Crippen LogP contribution in [0.4, 0.5) is 4.39 Å². The zero-order valence-electron chi connectivity index (χ0n) is 6.66. The van der Waals surface area contributed by atoms with Gasteiger partial charge in [-0.15, -0.1) is 0 Å². The summed E-state index contributed by atoms with van der Waals surface area (Å²) in [4.78, 5) is 0. The van der Waals surface area contributed by atoms with Crippen molar-refractivity contribution in [2.45, 2.75) is 0 Å². The van der Waals surface area contributed by atoms with E-state index in [1.165, 1.54) is 24.3 Å². The van der Waals surface area contributed by atoms with Crippen LogP contribution in [-0.4, -0.2) is 10.2 Å². The Kier molecular flexibility index (Phi) is 1.59. The molecular formula is C10H7FO2. The van der Waals surface area contributed by atoms with Crippen LogP contribution in [0.1, 0.15) is 0 Å². The molecule has 0 amide bonds. The minimum atomic E-state index is -0.455. The number of hydrogen-bond acceptors (Lipinski definition) is 2. The Morgan fingerprint density at radius 1 is 0.923 bits per heavy atom. The third-order valence-corrected chi connectivity index (χ3v) is 1.92. The van der Waals surface area contributed by atoms with Crippen molar-refractivity contribution in [3.8, 4) is 11.5 Å². The van der Waals surface area contributed by atoms with Gasteiger partial charge in [-0.25, -0.2) is 4.39 Å². The molecule has 0 saturated heterocycles. The lowest BCUT2D eigenvalue weighted by Crippen LogP contribution is -1.79. The summed E-state index contributed by atoms with van der Waals surface area (Å²) in [6, 6.07) is 6.61. The molecule has 0 atom stereocenters. The van der Waals surface area contributed by atoms with Crippen LogP contribution in [0, 0.1) is 5.82 Å². The van der Waals surface area contributed by atoms with Gasteiger partial charge in [0, 0.05) is 10.8 Å². The average Bonchev–Trinajstić information content (AvgIpc) is 2.12. The fourth-order valence-electron chi connectivity index (χ4n) is 1.28. The fourth-order valence-corrected chi connectivity index (χ4v) is 1.28. The van der Waals surface area contributed by atoms with Crippen molar-refractivity contribution in [2.24, 2.45) is 0 Å². The zero-order valence-corrected chi connectivity index (χ0v) is 6.66. The Bertz CT molecular complexity index is 466. The molecule has 2 nitrogen and oxygen atoms in total. The van der Waals surface area contributed by atoms with Crippen molar-refractivity contribution in [1.29, 1.82) is 0 Å². The third-order valence-electron chi connectivity index (χ3n) is 1.92. The number of hydrogen-bond donors (Lipinski definition) is 2. The van der Waals surface area contributed by atoms with Gasteiger partial charge in [0.2, 0.25) is 0 Å². The molecule has 2 aromatic carbocycles. The van der Waals surface area contributed by atoms with E-state index in [9.17, 15) is 9.50 Å². The van der Waals surface area contributed by atoms with Gasteiger partial charge in [-0.1, -0.05) is 0 Å². The van der Waals surface area contributed by atoms with Crippen LogP contribution in [-0.2, 0) is 0 Å². The normalized spacial score (nSPS) is 10.5. The van der Waals surface area contributed by atoms with Gasteiger partial charge in [0.25, 0.3) is 0 Å². The number of fused-ring (bicyclic) bond motifs is 1. The molecule has 0 unspecified atom stereocenters. The summed E-state index contributed by atoms with van der Waals surface area (Å²) in [6.45, 7) is 0. The van der Waals surface area contributed by atoms with Gasteiger partial charge < -0.3 is 10.2 Å². The standard InChI is InChI=1S/C10H7FO2/c11-9-3-4-10(13)7-2-1-6(12)5-8(7)9/h1-5,12-13H. The smallest absolute Gasteiger partial charge is 0.131 e. The SMILES string of the molecule is Oc1ccc2c(O)ccc(F)c2c1. The highest BCUT2D eigenvalue weighted by atomic mass is 19.1. The Morgan fingerprint density at radius 2 is 1.69 bits per heavy atom. The highest BCUT2D eigenvalue weighted by Gasteiger charge is 2.04. The van der Waals surface area contributed by atoms with Gasteiger partial charge in [-0.3, -0.25) is 0 Å². The lowest BCUT2D eigenvalue weighted by Gasteiger charge is -2.02. The van der Waals surface area contributed by atoms with Gasteiger partial charge >= 0.3 is 0 Å². The molecule has 0 bridgehead atoms. The summed E-state index contributed by atoms with van der Waals surface area (Å²) in [6.07, 6.45) is 0. The quantitative estimate of drug-likeness (QED) is 0.650. The first kappa shape index (κ1) is 7.86. The number of benzene rings is 2. The van der Waals surface area contributed by atoms with Crippen molar-refractivity contribution >= 4 is 10.8 Å². The van der Waals surface area contributed by atoms with E-state index in [0.717, 1.165) is 6.07 Å². The summed E-state index contributed by atoms with van der Waals surface area (Å²) in [5.74, 6) is -0.461. The first-order chi connectivity index (χ1) is 6.18. The second-order valence-electron chi connectivity index (χ2n) is 2.80. The van der Waals surface area contributed by atoms with Crippen LogP contribution in [0.3, 0.4) is 0 Å². The second kappa shape index (κ2) is 2.62. The van der Waals surface area contributed by atoms with E-state index < -0.39 is 5.82 Å². The zero-order chi connectivity index (χ0) is 9.42. The lowest BCUT2D eigenvalue weighted by atomic mass is 10.1. The second-order valence-corrected chi connectivity index (χ2v) is 2.80. The van der Waals surface area contributed by atoms with Crippen LogP contribution in [0.5, 0.6) is 11.5 Å². The maximum absolute atomic E-state index is 13.1. The molecule has 3 heteroatoms. The number of phenolic OH excluding ortho intramolecular Hbond substituents is 2.